The predicted molar refractivity (Wildman–Crippen MR) is 165 cm³/mol. The zero-order valence-corrected chi connectivity index (χ0v) is 27.1. The first-order valence-corrected chi connectivity index (χ1v) is 13.4. The average molecular weight is 677 g/mol. The molecule has 0 aliphatic heterocycles. The molecule has 0 N–H and O–H groups in total. The van der Waals surface area contributed by atoms with Gasteiger partial charge >= 0.3 is 26.2 Å². The summed E-state index contributed by atoms with van der Waals surface area (Å²) in [7, 11) is 0. The van der Waals surface area contributed by atoms with Crippen LogP contribution in [0.15, 0.2) is 167 Å². The maximum absolute atomic E-state index is 5.49. The molecule has 5 heteroatoms. The van der Waals surface area contributed by atoms with Crippen LogP contribution < -0.4 is 24.8 Å². The Morgan fingerprint density at radius 2 is 0.837 bits per heavy atom. The topological polar surface area (TPSA) is 26.3 Å². The quantitative estimate of drug-likeness (QED) is 0.246. The standard InChI is InChI=1S/2C19H13O.2ClH.Zr/c2*1-2-6-14(7-3-1)17-9-4-8-15-12-16(13-18(15)17)19-10-5-11-20-19;;;/h2*1-13H;2*1H;/q2*-1;;;+4/p-2. The number of fused-ring (bicyclic) bond motifs is 2. The minimum absolute atomic E-state index is 0. The molecule has 0 bridgehead atoms. The van der Waals surface area contributed by atoms with E-state index >= 15 is 0 Å². The second kappa shape index (κ2) is 14.5. The van der Waals surface area contributed by atoms with Crippen molar-refractivity contribution in [2.24, 2.45) is 0 Å². The molecule has 2 nitrogen and oxygen atoms in total. The summed E-state index contributed by atoms with van der Waals surface area (Å²) in [5.41, 5.74) is 7.29. The van der Waals surface area contributed by atoms with Crippen LogP contribution in [-0.4, -0.2) is 0 Å². The molecule has 0 unspecified atom stereocenters. The number of halogens is 2. The first-order chi connectivity index (χ1) is 19.8. The minimum Gasteiger partial charge on any atom is -1.00 e. The van der Waals surface area contributed by atoms with Crippen molar-refractivity contribution < 1.29 is 59.9 Å². The van der Waals surface area contributed by atoms with Crippen LogP contribution in [0, 0.1) is 0 Å². The van der Waals surface area contributed by atoms with Crippen LogP contribution in [0.25, 0.3) is 66.4 Å². The third kappa shape index (κ3) is 6.71. The summed E-state index contributed by atoms with van der Waals surface area (Å²) in [6, 6.07) is 50.4. The molecule has 208 valence electrons. The zero-order valence-electron chi connectivity index (χ0n) is 23.1. The van der Waals surface area contributed by atoms with Crippen LogP contribution in [0.5, 0.6) is 0 Å². The molecule has 0 radical (unpaired) electrons. The van der Waals surface area contributed by atoms with Crippen LogP contribution >= 0.6 is 0 Å². The van der Waals surface area contributed by atoms with Gasteiger partial charge in [-0.1, -0.05) is 119 Å². The van der Waals surface area contributed by atoms with E-state index in [9.17, 15) is 0 Å². The Bertz CT molecular complexity index is 1840. The van der Waals surface area contributed by atoms with E-state index < -0.39 is 0 Å². The Morgan fingerprint density at radius 3 is 1.21 bits per heavy atom. The SMILES string of the molecule is [Cl-].[Cl-].[Zr+4].c1ccc(-c2cccc3[cH-]c(-c4ccco4)cc23)cc1.c1ccc(-c2cccc3[cH-]c(-c4ccco4)cc23)cc1. The fourth-order valence-electron chi connectivity index (χ4n) is 5.38. The predicted octanol–water partition coefficient (Wildman–Crippen LogP) is 4.98. The summed E-state index contributed by atoms with van der Waals surface area (Å²) in [4.78, 5) is 0. The summed E-state index contributed by atoms with van der Waals surface area (Å²) in [5.74, 6) is 1.83. The molecular formula is C38H26Cl2O2Zr. The molecule has 0 aliphatic carbocycles. The molecule has 43 heavy (non-hydrogen) atoms. The normalized spacial score (nSPS) is 10.2. The molecule has 8 aromatic rings. The largest absolute Gasteiger partial charge is 4.00 e. The fraction of sp³-hybridized carbons (Fsp3) is 0. The molecule has 8 rings (SSSR count). The molecule has 0 atom stereocenters. The van der Waals surface area contributed by atoms with Gasteiger partial charge in [0.15, 0.2) is 0 Å². The van der Waals surface area contributed by atoms with E-state index in [1.54, 1.807) is 12.5 Å². The Morgan fingerprint density at radius 1 is 0.419 bits per heavy atom. The van der Waals surface area contributed by atoms with Crippen LogP contribution in [0.2, 0.25) is 0 Å². The first kappa shape index (κ1) is 32.0. The van der Waals surface area contributed by atoms with Gasteiger partial charge in [0.1, 0.15) is 0 Å². The van der Waals surface area contributed by atoms with Gasteiger partial charge < -0.3 is 33.6 Å². The molecule has 0 fully saturated rings. The van der Waals surface area contributed by atoms with Gasteiger partial charge in [0, 0.05) is 0 Å². The molecule has 6 aromatic carbocycles. The van der Waals surface area contributed by atoms with Gasteiger partial charge in [-0.15, -0.1) is 57.9 Å². The molecule has 2 heterocycles. The van der Waals surface area contributed by atoms with Crippen LogP contribution in [-0.2, 0) is 26.2 Å². The molecule has 0 saturated heterocycles. The van der Waals surface area contributed by atoms with Crippen LogP contribution in [0.4, 0.5) is 0 Å². The molecule has 0 amide bonds. The third-order valence-electron chi connectivity index (χ3n) is 7.28. The Balaban J connectivity index is 0.000000184. The fourth-order valence-corrected chi connectivity index (χ4v) is 5.38. The summed E-state index contributed by atoms with van der Waals surface area (Å²) >= 11 is 0. The summed E-state index contributed by atoms with van der Waals surface area (Å²) in [5, 5.41) is 5.03. The van der Waals surface area contributed by atoms with Gasteiger partial charge in [-0.3, -0.25) is 0 Å². The zero-order chi connectivity index (χ0) is 26.7. The molecule has 2 aromatic heterocycles. The minimum atomic E-state index is 0. The van der Waals surface area contributed by atoms with Crippen molar-refractivity contribution in [1.29, 1.82) is 0 Å². The Labute approximate surface area is 282 Å². The smallest absolute Gasteiger partial charge is 1.00 e. The van der Waals surface area contributed by atoms with Crippen molar-refractivity contribution >= 4 is 21.5 Å². The van der Waals surface area contributed by atoms with Gasteiger partial charge in [0.05, 0.1) is 24.0 Å². The van der Waals surface area contributed by atoms with Crippen LogP contribution in [0.1, 0.15) is 0 Å². The molecule has 0 saturated carbocycles. The average Bonchev–Trinajstić information content (AvgIpc) is 3.83. The number of furan rings is 2. The van der Waals surface area contributed by atoms with Gasteiger partial charge in [-0.2, -0.15) is 0 Å². The van der Waals surface area contributed by atoms with E-state index in [0.29, 0.717) is 0 Å². The maximum Gasteiger partial charge on any atom is 4.00 e. The second-order valence-electron chi connectivity index (χ2n) is 9.79. The molecule has 0 spiro atoms. The van der Waals surface area contributed by atoms with E-state index in [1.807, 2.05) is 36.4 Å². The third-order valence-corrected chi connectivity index (χ3v) is 7.28. The summed E-state index contributed by atoms with van der Waals surface area (Å²) in [6.07, 6.45) is 3.43. The van der Waals surface area contributed by atoms with E-state index in [0.717, 1.165) is 22.6 Å². The van der Waals surface area contributed by atoms with Gasteiger partial charge in [0.2, 0.25) is 0 Å². The monoisotopic (exact) mass is 674 g/mol. The van der Waals surface area contributed by atoms with Gasteiger partial charge in [-0.25, -0.2) is 0 Å². The number of hydrogen-bond donors (Lipinski definition) is 0. The summed E-state index contributed by atoms with van der Waals surface area (Å²) < 4.78 is 11.0. The number of rotatable bonds is 4. The maximum atomic E-state index is 5.49. The van der Waals surface area contributed by atoms with E-state index in [4.69, 9.17) is 8.83 Å². The Hall–Kier alpha value is -3.88. The van der Waals surface area contributed by atoms with E-state index in [1.165, 1.54) is 43.8 Å². The van der Waals surface area contributed by atoms with Crippen molar-refractivity contribution in [2.75, 3.05) is 0 Å². The van der Waals surface area contributed by atoms with Crippen molar-refractivity contribution in [2.45, 2.75) is 0 Å². The van der Waals surface area contributed by atoms with E-state index in [2.05, 4.69) is 109 Å². The Kier molecular flexibility index (Phi) is 10.8. The van der Waals surface area contributed by atoms with Crippen molar-refractivity contribution in [1.82, 2.24) is 0 Å². The molecular weight excluding hydrogens is 651 g/mol. The molecule has 0 aliphatic rings. The van der Waals surface area contributed by atoms with Crippen molar-refractivity contribution in [3.8, 4) is 44.9 Å². The van der Waals surface area contributed by atoms with Crippen molar-refractivity contribution in [3.05, 3.63) is 158 Å². The van der Waals surface area contributed by atoms with Gasteiger partial charge in [-0.05, 0) is 23.3 Å². The number of benzene rings is 4. The first-order valence-electron chi connectivity index (χ1n) is 13.4. The van der Waals surface area contributed by atoms with Gasteiger partial charge in [0.25, 0.3) is 0 Å². The second-order valence-corrected chi connectivity index (χ2v) is 9.79. The number of hydrogen-bond acceptors (Lipinski definition) is 2. The van der Waals surface area contributed by atoms with Crippen LogP contribution in [0.3, 0.4) is 0 Å². The summed E-state index contributed by atoms with van der Waals surface area (Å²) in [6.45, 7) is 0. The van der Waals surface area contributed by atoms with Crippen molar-refractivity contribution in [3.63, 3.8) is 0 Å². The van der Waals surface area contributed by atoms with E-state index in [-0.39, 0.29) is 51.0 Å².